The third kappa shape index (κ3) is 3.88. The maximum absolute atomic E-state index is 12.3. The van der Waals surface area contributed by atoms with E-state index in [1.807, 2.05) is 24.3 Å². The van der Waals surface area contributed by atoms with E-state index in [1.54, 1.807) is 0 Å². The fourth-order valence-electron chi connectivity index (χ4n) is 3.57. The molecule has 0 N–H and O–H groups in total. The maximum Gasteiger partial charge on any atom is 0.222 e. The molecular formula is C17H27N3O2. The third-order valence-electron chi connectivity index (χ3n) is 4.96. The number of carbonyl (C=O) groups is 1. The Balaban J connectivity index is 1.41. The summed E-state index contributed by atoms with van der Waals surface area (Å²) in [6.07, 6.45) is 11.3. The first-order valence-electron chi connectivity index (χ1n) is 8.58. The van der Waals surface area contributed by atoms with Gasteiger partial charge in [0.05, 0.1) is 6.10 Å². The zero-order valence-electron chi connectivity index (χ0n) is 13.5. The molecule has 122 valence electrons. The molecule has 0 aliphatic carbocycles. The zero-order valence-corrected chi connectivity index (χ0v) is 13.5. The molecule has 1 saturated heterocycles. The van der Waals surface area contributed by atoms with Gasteiger partial charge in [0, 0.05) is 52.0 Å². The van der Waals surface area contributed by atoms with Crippen molar-refractivity contribution in [1.29, 1.82) is 0 Å². The van der Waals surface area contributed by atoms with Crippen LogP contribution in [0.4, 0.5) is 0 Å². The van der Waals surface area contributed by atoms with Crippen molar-refractivity contribution in [1.82, 2.24) is 14.5 Å². The van der Waals surface area contributed by atoms with Gasteiger partial charge >= 0.3 is 0 Å². The van der Waals surface area contributed by atoms with Crippen LogP contribution in [0.2, 0.25) is 0 Å². The number of aromatic nitrogens is 2. The monoisotopic (exact) mass is 305 g/mol. The van der Waals surface area contributed by atoms with Crippen molar-refractivity contribution in [2.75, 3.05) is 20.2 Å². The zero-order chi connectivity index (χ0) is 15.4. The first-order chi connectivity index (χ1) is 10.7. The van der Waals surface area contributed by atoms with Gasteiger partial charge in [0.1, 0.15) is 5.82 Å². The van der Waals surface area contributed by atoms with Gasteiger partial charge in [0.2, 0.25) is 5.91 Å². The molecule has 0 saturated carbocycles. The number of amides is 1. The summed E-state index contributed by atoms with van der Waals surface area (Å²) in [6.45, 7) is 2.73. The Morgan fingerprint density at radius 1 is 1.45 bits per heavy atom. The first kappa shape index (κ1) is 15.5. The Hall–Kier alpha value is -1.36. The molecule has 3 heterocycles. The van der Waals surface area contributed by atoms with E-state index in [2.05, 4.69) is 9.55 Å². The summed E-state index contributed by atoms with van der Waals surface area (Å²) in [5.74, 6) is 1.95. The quantitative estimate of drug-likeness (QED) is 0.838. The van der Waals surface area contributed by atoms with E-state index in [-0.39, 0.29) is 5.91 Å². The molecule has 1 aromatic rings. The van der Waals surface area contributed by atoms with E-state index in [1.165, 1.54) is 12.8 Å². The predicted octanol–water partition coefficient (Wildman–Crippen LogP) is 2.25. The molecule has 1 amide bonds. The average molecular weight is 305 g/mol. The summed E-state index contributed by atoms with van der Waals surface area (Å²) >= 11 is 0. The summed E-state index contributed by atoms with van der Waals surface area (Å²) in [5.41, 5.74) is 0. The molecule has 1 aromatic heterocycles. The topological polar surface area (TPSA) is 47.4 Å². The molecule has 0 spiro atoms. The standard InChI is InChI=1S/C17H27N3O2/c1-19(17(21)6-5-15-4-2-3-11-22-15)13-14-7-9-20-10-8-18-16(20)12-14/h8,10,14-15H,2-7,9,11-13H2,1H3/t14-,15-/m1/s1. The van der Waals surface area contributed by atoms with Crippen LogP contribution in [-0.2, 0) is 22.5 Å². The SMILES string of the molecule is CN(C[C@@H]1CCn2ccnc2C1)C(=O)CC[C@H]1CCCCO1. The van der Waals surface area contributed by atoms with Gasteiger partial charge < -0.3 is 14.2 Å². The highest BCUT2D eigenvalue weighted by Gasteiger charge is 2.23. The van der Waals surface area contributed by atoms with Crippen LogP contribution in [0.25, 0.3) is 0 Å². The summed E-state index contributed by atoms with van der Waals surface area (Å²) in [5, 5.41) is 0. The molecule has 0 unspecified atom stereocenters. The highest BCUT2D eigenvalue weighted by atomic mass is 16.5. The van der Waals surface area contributed by atoms with Gasteiger partial charge in [-0.25, -0.2) is 4.98 Å². The van der Waals surface area contributed by atoms with Crippen LogP contribution in [-0.4, -0.2) is 46.7 Å². The van der Waals surface area contributed by atoms with Crippen molar-refractivity contribution < 1.29 is 9.53 Å². The van der Waals surface area contributed by atoms with Crippen LogP contribution >= 0.6 is 0 Å². The fourth-order valence-corrected chi connectivity index (χ4v) is 3.57. The first-order valence-corrected chi connectivity index (χ1v) is 8.58. The van der Waals surface area contributed by atoms with Crippen LogP contribution in [0.5, 0.6) is 0 Å². The van der Waals surface area contributed by atoms with E-state index < -0.39 is 0 Å². The average Bonchev–Trinajstić information content (AvgIpc) is 3.01. The molecule has 5 heteroatoms. The Morgan fingerprint density at radius 2 is 2.36 bits per heavy atom. The summed E-state index contributed by atoms with van der Waals surface area (Å²) < 4.78 is 7.93. The van der Waals surface area contributed by atoms with Crippen LogP contribution in [0.1, 0.15) is 44.3 Å². The number of carbonyl (C=O) groups excluding carboxylic acids is 1. The molecular weight excluding hydrogens is 278 g/mol. The smallest absolute Gasteiger partial charge is 0.222 e. The maximum atomic E-state index is 12.3. The van der Waals surface area contributed by atoms with Crippen LogP contribution < -0.4 is 0 Å². The Labute approximate surface area is 132 Å². The van der Waals surface area contributed by atoms with E-state index >= 15 is 0 Å². The number of ether oxygens (including phenoxy) is 1. The van der Waals surface area contributed by atoms with Gasteiger partial charge in [0.15, 0.2) is 0 Å². The summed E-state index contributed by atoms with van der Waals surface area (Å²) in [6, 6.07) is 0. The lowest BCUT2D eigenvalue weighted by atomic mass is 9.97. The van der Waals surface area contributed by atoms with Crippen molar-refractivity contribution in [2.45, 2.75) is 57.6 Å². The molecule has 3 rings (SSSR count). The predicted molar refractivity (Wildman–Crippen MR) is 84.5 cm³/mol. The van der Waals surface area contributed by atoms with E-state index in [4.69, 9.17) is 4.74 Å². The van der Waals surface area contributed by atoms with Crippen molar-refractivity contribution >= 4 is 5.91 Å². The molecule has 5 nitrogen and oxygen atoms in total. The minimum absolute atomic E-state index is 0.253. The van der Waals surface area contributed by atoms with Crippen molar-refractivity contribution in [3.05, 3.63) is 18.2 Å². The number of rotatable bonds is 5. The van der Waals surface area contributed by atoms with Crippen molar-refractivity contribution in [2.24, 2.45) is 5.92 Å². The van der Waals surface area contributed by atoms with E-state index in [9.17, 15) is 4.79 Å². The lowest BCUT2D eigenvalue weighted by Gasteiger charge is -2.28. The third-order valence-corrected chi connectivity index (χ3v) is 4.96. The van der Waals surface area contributed by atoms with Gasteiger partial charge in [-0.1, -0.05) is 0 Å². The number of nitrogens with zero attached hydrogens (tertiary/aromatic N) is 3. The molecule has 0 radical (unpaired) electrons. The largest absolute Gasteiger partial charge is 0.378 e. The molecule has 0 bridgehead atoms. The lowest BCUT2D eigenvalue weighted by Crippen LogP contribution is -2.35. The van der Waals surface area contributed by atoms with Crippen LogP contribution in [0.15, 0.2) is 12.4 Å². The lowest BCUT2D eigenvalue weighted by molar-refractivity contribution is -0.131. The molecule has 2 atom stereocenters. The number of hydrogen-bond acceptors (Lipinski definition) is 3. The minimum Gasteiger partial charge on any atom is -0.378 e. The van der Waals surface area contributed by atoms with Crippen LogP contribution in [0.3, 0.4) is 0 Å². The highest BCUT2D eigenvalue weighted by molar-refractivity contribution is 5.75. The number of hydrogen-bond donors (Lipinski definition) is 0. The number of fused-ring (bicyclic) bond motifs is 1. The van der Waals surface area contributed by atoms with Gasteiger partial charge in [-0.3, -0.25) is 4.79 Å². The second-order valence-electron chi connectivity index (χ2n) is 6.70. The van der Waals surface area contributed by atoms with Gasteiger partial charge in [-0.05, 0) is 38.0 Å². The number of imidazole rings is 1. The second kappa shape index (κ2) is 7.27. The summed E-state index contributed by atoms with van der Waals surface area (Å²) in [7, 11) is 1.94. The molecule has 2 aliphatic heterocycles. The normalized spacial score (nSPS) is 24.8. The molecule has 1 fully saturated rings. The molecule has 0 aromatic carbocycles. The Bertz CT molecular complexity index is 494. The van der Waals surface area contributed by atoms with Crippen molar-refractivity contribution in [3.8, 4) is 0 Å². The van der Waals surface area contributed by atoms with Gasteiger partial charge in [-0.15, -0.1) is 0 Å². The van der Waals surface area contributed by atoms with E-state index in [0.29, 0.717) is 18.4 Å². The Morgan fingerprint density at radius 3 is 3.18 bits per heavy atom. The summed E-state index contributed by atoms with van der Waals surface area (Å²) in [4.78, 5) is 18.6. The molecule has 22 heavy (non-hydrogen) atoms. The second-order valence-corrected chi connectivity index (χ2v) is 6.70. The fraction of sp³-hybridized carbons (Fsp3) is 0.765. The molecule has 2 aliphatic rings. The van der Waals surface area contributed by atoms with Crippen molar-refractivity contribution in [3.63, 3.8) is 0 Å². The minimum atomic E-state index is 0.253. The van der Waals surface area contributed by atoms with Gasteiger partial charge in [0.25, 0.3) is 0 Å². The van der Waals surface area contributed by atoms with Gasteiger partial charge in [-0.2, -0.15) is 0 Å². The Kier molecular flexibility index (Phi) is 5.13. The van der Waals surface area contributed by atoms with Crippen LogP contribution in [0, 0.1) is 5.92 Å². The number of aryl methyl sites for hydroxylation is 1. The van der Waals surface area contributed by atoms with E-state index in [0.717, 1.165) is 51.2 Å². The highest BCUT2D eigenvalue weighted by Crippen LogP contribution is 2.21.